The molecule has 0 aliphatic heterocycles. The predicted molar refractivity (Wildman–Crippen MR) is 38.3 cm³/mol. The Balaban J connectivity index is 0.00000441. The molecule has 3 nitrogen and oxygen atoms in total. The van der Waals surface area contributed by atoms with Crippen molar-refractivity contribution >= 4 is 10.1 Å². The minimum absolute atomic E-state index is 0. The SMILES string of the molecule is O=S(=O)([O-])C1(F)C(F)(F)C(F)(F)C(F)(F)C(F)(F)C1(F)F.[K+]. The van der Waals surface area contributed by atoms with Crippen LogP contribution in [0, 0.1) is 0 Å². The topological polar surface area (TPSA) is 57.2 Å². The van der Waals surface area contributed by atoms with Crippen LogP contribution in [0.4, 0.5) is 48.3 Å². The number of hydrogen-bond acceptors (Lipinski definition) is 3. The fraction of sp³-hybridized carbons (Fsp3) is 1.00. The van der Waals surface area contributed by atoms with Crippen LogP contribution in [0.2, 0.25) is 0 Å². The first-order chi connectivity index (χ1) is 8.75. The molecule has 1 saturated carbocycles. The fourth-order valence-electron chi connectivity index (χ4n) is 1.51. The first-order valence-electron chi connectivity index (χ1n) is 4.28. The summed E-state index contributed by atoms with van der Waals surface area (Å²) in [7, 11) is -7.94. The van der Waals surface area contributed by atoms with Crippen molar-refractivity contribution in [2.45, 2.75) is 34.6 Å². The molecule has 0 bridgehead atoms. The van der Waals surface area contributed by atoms with Gasteiger partial charge in [-0.2, -0.15) is 43.9 Å². The van der Waals surface area contributed by atoms with Crippen molar-refractivity contribution in [3.8, 4) is 0 Å². The summed E-state index contributed by atoms with van der Waals surface area (Å²) in [5, 5.41) is -7.50. The van der Waals surface area contributed by atoms with E-state index in [1.54, 1.807) is 0 Å². The van der Waals surface area contributed by atoms with Gasteiger partial charge in [0.1, 0.15) is 10.1 Å². The molecule has 0 aromatic heterocycles. The van der Waals surface area contributed by atoms with Gasteiger partial charge in [0.15, 0.2) is 0 Å². The Hall–Kier alpha value is 0.776. The molecule has 1 aliphatic rings. The third kappa shape index (κ3) is 2.00. The maximum atomic E-state index is 13.3. The van der Waals surface area contributed by atoms with Crippen LogP contribution in [0.3, 0.4) is 0 Å². The minimum atomic E-state index is -7.94. The monoisotopic (exact) mass is 400 g/mol. The van der Waals surface area contributed by atoms with Gasteiger partial charge in [0.2, 0.25) is 0 Å². The Labute approximate surface area is 156 Å². The number of alkyl halides is 11. The second-order valence-electron chi connectivity index (χ2n) is 3.92. The van der Waals surface area contributed by atoms with E-state index < -0.39 is 44.7 Å². The predicted octanol–water partition coefficient (Wildman–Crippen LogP) is -0.608. The van der Waals surface area contributed by atoms with Crippen LogP contribution in [-0.4, -0.2) is 47.6 Å². The molecule has 1 fully saturated rings. The molecule has 0 aromatic rings. The van der Waals surface area contributed by atoms with Gasteiger partial charge in [-0.25, -0.2) is 12.8 Å². The van der Waals surface area contributed by atoms with Gasteiger partial charge in [-0.3, -0.25) is 0 Å². The van der Waals surface area contributed by atoms with E-state index in [9.17, 15) is 61.3 Å². The van der Waals surface area contributed by atoms with E-state index in [1.807, 2.05) is 0 Å². The zero-order chi connectivity index (χ0) is 17.5. The van der Waals surface area contributed by atoms with E-state index in [2.05, 4.69) is 0 Å². The first-order valence-corrected chi connectivity index (χ1v) is 5.69. The number of halogens is 11. The van der Waals surface area contributed by atoms with E-state index in [1.165, 1.54) is 0 Å². The van der Waals surface area contributed by atoms with Crippen LogP contribution in [0.5, 0.6) is 0 Å². The van der Waals surface area contributed by atoms with Gasteiger partial charge in [-0.1, -0.05) is 0 Å². The van der Waals surface area contributed by atoms with Crippen LogP contribution < -0.4 is 51.4 Å². The van der Waals surface area contributed by atoms with Crippen molar-refractivity contribution in [2.75, 3.05) is 0 Å². The molecule has 0 aromatic carbocycles. The average Bonchev–Trinajstić information content (AvgIpc) is 2.23. The molecule has 126 valence electrons. The van der Waals surface area contributed by atoms with Crippen LogP contribution in [0.15, 0.2) is 0 Å². The molecular weight excluding hydrogens is 400 g/mol. The van der Waals surface area contributed by atoms with Crippen molar-refractivity contribution in [1.82, 2.24) is 0 Å². The molecule has 0 amide bonds. The summed E-state index contributed by atoms with van der Waals surface area (Å²) >= 11 is 0. The van der Waals surface area contributed by atoms with E-state index in [0.717, 1.165) is 0 Å². The fourth-order valence-corrected chi connectivity index (χ4v) is 2.39. The van der Waals surface area contributed by atoms with E-state index in [-0.39, 0.29) is 51.4 Å². The van der Waals surface area contributed by atoms with Gasteiger partial charge >= 0.3 is 86.0 Å². The summed E-state index contributed by atoms with van der Waals surface area (Å²) in [5.74, 6) is -38.0. The maximum absolute atomic E-state index is 13.3. The molecule has 22 heavy (non-hydrogen) atoms. The van der Waals surface area contributed by atoms with Gasteiger partial charge in [0.05, 0.1) is 0 Å². The Kier molecular flexibility index (Phi) is 5.32. The van der Waals surface area contributed by atoms with Crippen LogP contribution in [0.1, 0.15) is 0 Å². The normalized spacial score (nSPS) is 30.2. The second-order valence-corrected chi connectivity index (χ2v) is 5.39. The number of rotatable bonds is 1. The van der Waals surface area contributed by atoms with E-state index in [0.29, 0.717) is 0 Å². The van der Waals surface area contributed by atoms with Gasteiger partial charge in [-0.05, 0) is 0 Å². The zero-order valence-corrected chi connectivity index (χ0v) is 13.7. The molecule has 1 aliphatic carbocycles. The van der Waals surface area contributed by atoms with E-state index in [4.69, 9.17) is 0 Å². The smallest absolute Gasteiger partial charge is 0.745 e. The average molecular weight is 400 g/mol. The summed E-state index contributed by atoms with van der Waals surface area (Å²) in [6.45, 7) is 0. The maximum Gasteiger partial charge on any atom is 1.00 e. The molecular formula is C6F11KO3S. The zero-order valence-electron chi connectivity index (χ0n) is 9.79. The molecule has 0 N–H and O–H groups in total. The van der Waals surface area contributed by atoms with Gasteiger partial charge in [0, 0.05) is 0 Å². The molecule has 0 spiro atoms. The molecule has 0 heterocycles. The first kappa shape index (κ1) is 22.8. The van der Waals surface area contributed by atoms with Crippen molar-refractivity contribution in [3.05, 3.63) is 0 Å². The Morgan fingerprint density at radius 1 is 0.545 bits per heavy atom. The van der Waals surface area contributed by atoms with Crippen molar-refractivity contribution < 1.29 is 113 Å². The molecule has 16 heteroatoms. The molecule has 0 atom stereocenters. The quantitative estimate of drug-likeness (QED) is 0.336. The summed E-state index contributed by atoms with van der Waals surface area (Å²) in [6, 6.07) is 0. The van der Waals surface area contributed by atoms with Crippen LogP contribution in [0.25, 0.3) is 0 Å². The van der Waals surface area contributed by atoms with Crippen molar-refractivity contribution in [3.63, 3.8) is 0 Å². The van der Waals surface area contributed by atoms with Crippen LogP contribution in [-0.2, 0) is 10.1 Å². The van der Waals surface area contributed by atoms with Gasteiger partial charge < -0.3 is 4.55 Å². The summed E-state index contributed by atoms with van der Waals surface area (Å²) in [4.78, 5) is 0. The molecule has 0 radical (unpaired) electrons. The van der Waals surface area contributed by atoms with Gasteiger partial charge in [0.25, 0.3) is 0 Å². The Morgan fingerprint density at radius 3 is 0.909 bits per heavy atom. The number of hydrogen-bond donors (Lipinski definition) is 0. The van der Waals surface area contributed by atoms with Crippen molar-refractivity contribution in [2.24, 2.45) is 0 Å². The largest absolute Gasteiger partial charge is 1.00 e. The summed E-state index contributed by atoms with van der Waals surface area (Å²) in [6.07, 6.45) is 0. The standard InChI is InChI=1S/C6HF11O3S.K/c7-1(8)2(9,10)4(13,14)6(17,21(18,19)20)5(15,16)3(1,11)12;/h(H,18,19,20);/q;+1/p-1. The molecule has 0 unspecified atom stereocenters. The summed E-state index contributed by atoms with van der Waals surface area (Å²) in [5.41, 5.74) is 0. The van der Waals surface area contributed by atoms with Crippen LogP contribution >= 0.6 is 0 Å². The third-order valence-corrected chi connectivity index (χ3v) is 3.93. The minimum Gasteiger partial charge on any atom is -0.745 e. The Bertz CT molecular complexity index is 540. The third-order valence-electron chi connectivity index (χ3n) is 2.73. The second kappa shape index (κ2) is 5.14. The van der Waals surface area contributed by atoms with Gasteiger partial charge in [-0.15, -0.1) is 0 Å². The van der Waals surface area contributed by atoms with E-state index >= 15 is 0 Å². The molecule has 1 rings (SSSR count). The molecule has 0 saturated heterocycles. The Morgan fingerprint density at radius 2 is 0.727 bits per heavy atom. The van der Waals surface area contributed by atoms with Crippen molar-refractivity contribution in [1.29, 1.82) is 0 Å². The summed E-state index contributed by atoms with van der Waals surface area (Å²) < 4.78 is 171.